The molecule has 2 amide bonds. The maximum atomic E-state index is 12.7. The molecule has 0 saturated heterocycles. The van der Waals surface area contributed by atoms with Gasteiger partial charge in [-0.3, -0.25) is 0 Å². The summed E-state index contributed by atoms with van der Waals surface area (Å²) >= 11 is 0. The minimum Gasteiger partial charge on any atom is -0.497 e. The quantitative estimate of drug-likeness (QED) is 0.869. The van der Waals surface area contributed by atoms with E-state index >= 15 is 0 Å². The monoisotopic (exact) mass is 340 g/mol. The summed E-state index contributed by atoms with van der Waals surface area (Å²) in [6, 6.07) is 8.40. The minimum absolute atomic E-state index is 0.0230. The van der Waals surface area contributed by atoms with E-state index in [2.05, 4.69) is 10.6 Å². The molecule has 0 radical (unpaired) electrons. The van der Waals surface area contributed by atoms with E-state index in [-0.39, 0.29) is 5.69 Å². The van der Waals surface area contributed by atoms with Crippen molar-refractivity contribution in [2.24, 2.45) is 0 Å². The molecule has 5 nitrogen and oxygen atoms in total. The minimum atomic E-state index is -4.48. The van der Waals surface area contributed by atoms with Crippen LogP contribution < -0.4 is 20.1 Å². The molecule has 0 atom stereocenters. The number of benzene rings is 2. The summed E-state index contributed by atoms with van der Waals surface area (Å²) in [5, 5.41) is 4.85. The van der Waals surface area contributed by atoms with Gasteiger partial charge in [-0.2, -0.15) is 13.2 Å². The normalized spacial score (nSPS) is 10.9. The van der Waals surface area contributed by atoms with Crippen LogP contribution in [0.2, 0.25) is 0 Å². The number of urea groups is 1. The number of hydrogen-bond donors (Lipinski definition) is 2. The van der Waals surface area contributed by atoms with Gasteiger partial charge in [-0.15, -0.1) is 0 Å². The SMILES string of the molecule is COc1ccc(NC(=O)Nc2cccc(C(F)(F)F)c2)c(OC)c1. The van der Waals surface area contributed by atoms with Crippen LogP contribution in [0.4, 0.5) is 29.3 Å². The van der Waals surface area contributed by atoms with Crippen LogP contribution in [0.15, 0.2) is 42.5 Å². The Bertz CT molecular complexity index is 733. The van der Waals surface area contributed by atoms with Crippen molar-refractivity contribution in [2.45, 2.75) is 6.18 Å². The average Bonchev–Trinajstić information content (AvgIpc) is 2.54. The lowest BCUT2D eigenvalue weighted by Crippen LogP contribution is -2.20. The van der Waals surface area contributed by atoms with Crippen LogP contribution in [-0.2, 0) is 6.18 Å². The van der Waals surface area contributed by atoms with Crippen molar-refractivity contribution in [3.05, 3.63) is 48.0 Å². The number of rotatable bonds is 4. The average molecular weight is 340 g/mol. The molecule has 0 bridgehead atoms. The number of ether oxygens (including phenoxy) is 2. The molecule has 0 aliphatic rings. The lowest BCUT2D eigenvalue weighted by atomic mass is 10.2. The molecular formula is C16H15F3N2O3. The molecular weight excluding hydrogens is 325 g/mol. The molecule has 24 heavy (non-hydrogen) atoms. The molecule has 0 heterocycles. The Morgan fingerprint density at radius 3 is 2.38 bits per heavy atom. The van der Waals surface area contributed by atoms with Gasteiger partial charge in [0.15, 0.2) is 0 Å². The van der Waals surface area contributed by atoms with Gasteiger partial charge in [-0.25, -0.2) is 4.79 Å². The van der Waals surface area contributed by atoms with Crippen LogP contribution in [0.5, 0.6) is 11.5 Å². The van der Waals surface area contributed by atoms with Crippen LogP contribution in [0.25, 0.3) is 0 Å². The van der Waals surface area contributed by atoms with E-state index in [9.17, 15) is 18.0 Å². The Balaban J connectivity index is 2.11. The lowest BCUT2D eigenvalue weighted by Gasteiger charge is -2.13. The number of methoxy groups -OCH3 is 2. The second-order valence-electron chi connectivity index (χ2n) is 4.72. The topological polar surface area (TPSA) is 59.6 Å². The standard InChI is InChI=1S/C16H15F3N2O3/c1-23-12-6-7-13(14(9-12)24-2)21-15(22)20-11-5-3-4-10(8-11)16(17,18)19/h3-9H,1-2H3,(H2,20,21,22). The molecule has 0 fully saturated rings. The molecule has 2 aromatic carbocycles. The molecule has 0 aliphatic carbocycles. The molecule has 0 spiro atoms. The fourth-order valence-corrected chi connectivity index (χ4v) is 1.96. The van der Waals surface area contributed by atoms with Crippen molar-refractivity contribution in [3.8, 4) is 11.5 Å². The molecule has 2 N–H and O–H groups in total. The fourth-order valence-electron chi connectivity index (χ4n) is 1.96. The number of nitrogens with one attached hydrogen (secondary N) is 2. The van der Waals surface area contributed by atoms with E-state index in [0.717, 1.165) is 12.1 Å². The summed E-state index contributed by atoms with van der Waals surface area (Å²) in [4.78, 5) is 12.0. The van der Waals surface area contributed by atoms with Gasteiger partial charge in [0.2, 0.25) is 0 Å². The highest BCUT2D eigenvalue weighted by molar-refractivity contribution is 6.00. The van der Waals surface area contributed by atoms with Crippen molar-refractivity contribution in [2.75, 3.05) is 24.9 Å². The summed E-state index contributed by atoms with van der Waals surface area (Å²) in [5.41, 5.74) is -0.472. The lowest BCUT2D eigenvalue weighted by molar-refractivity contribution is -0.137. The summed E-state index contributed by atoms with van der Waals surface area (Å²) in [5.74, 6) is 0.893. The van der Waals surface area contributed by atoms with Gasteiger partial charge in [-0.1, -0.05) is 6.07 Å². The molecule has 0 aromatic heterocycles. The highest BCUT2D eigenvalue weighted by Crippen LogP contribution is 2.31. The Morgan fingerprint density at radius 1 is 1.00 bits per heavy atom. The Morgan fingerprint density at radius 2 is 1.75 bits per heavy atom. The Hall–Kier alpha value is -2.90. The number of carbonyl (C=O) groups excluding carboxylic acids is 1. The molecule has 2 rings (SSSR count). The van der Waals surface area contributed by atoms with Crippen LogP contribution in [0, 0.1) is 0 Å². The number of hydrogen-bond acceptors (Lipinski definition) is 3. The highest BCUT2D eigenvalue weighted by atomic mass is 19.4. The first-order valence-corrected chi connectivity index (χ1v) is 6.81. The third-order valence-corrected chi connectivity index (χ3v) is 3.10. The van der Waals surface area contributed by atoms with Gasteiger partial charge in [0.05, 0.1) is 25.5 Å². The zero-order chi connectivity index (χ0) is 17.7. The molecule has 0 saturated carbocycles. The van der Waals surface area contributed by atoms with E-state index in [4.69, 9.17) is 9.47 Å². The third kappa shape index (κ3) is 4.31. The van der Waals surface area contributed by atoms with Crippen LogP contribution in [0.3, 0.4) is 0 Å². The Labute approximate surface area is 136 Å². The first-order valence-electron chi connectivity index (χ1n) is 6.81. The number of amides is 2. The van der Waals surface area contributed by atoms with E-state index in [1.165, 1.54) is 26.4 Å². The zero-order valence-corrected chi connectivity index (χ0v) is 12.9. The first-order chi connectivity index (χ1) is 11.3. The third-order valence-electron chi connectivity index (χ3n) is 3.10. The second kappa shape index (κ2) is 7.12. The highest BCUT2D eigenvalue weighted by Gasteiger charge is 2.30. The molecule has 8 heteroatoms. The van der Waals surface area contributed by atoms with Crippen molar-refractivity contribution in [1.29, 1.82) is 0 Å². The predicted octanol–water partition coefficient (Wildman–Crippen LogP) is 4.37. The summed E-state index contributed by atoms with van der Waals surface area (Å²) < 4.78 is 48.2. The maximum absolute atomic E-state index is 12.7. The fraction of sp³-hybridized carbons (Fsp3) is 0.188. The van der Waals surface area contributed by atoms with Crippen LogP contribution in [0.1, 0.15) is 5.56 Å². The van der Waals surface area contributed by atoms with E-state index < -0.39 is 17.8 Å². The largest absolute Gasteiger partial charge is 0.497 e. The summed E-state index contributed by atoms with van der Waals surface area (Å²) in [6.45, 7) is 0. The van der Waals surface area contributed by atoms with Gasteiger partial charge in [0, 0.05) is 11.8 Å². The van der Waals surface area contributed by atoms with Gasteiger partial charge < -0.3 is 20.1 Å². The first kappa shape index (κ1) is 17.5. The van der Waals surface area contributed by atoms with Gasteiger partial charge in [0.25, 0.3) is 0 Å². The summed E-state index contributed by atoms with van der Waals surface area (Å²) in [6.07, 6.45) is -4.48. The second-order valence-corrected chi connectivity index (χ2v) is 4.72. The van der Waals surface area contributed by atoms with Crippen molar-refractivity contribution < 1.29 is 27.4 Å². The number of carbonyl (C=O) groups is 1. The van der Waals surface area contributed by atoms with Crippen LogP contribution >= 0.6 is 0 Å². The maximum Gasteiger partial charge on any atom is 0.416 e. The zero-order valence-electron chi connectivity index (χ0n) is 12.9. The van der Waals surface area contributed by atoms with Crippen molar-refractivity contribution in [3.63, 3.8) is 0 Å². The van der Waals surface area contributed by atoms with E-state index in [1.54, 1.807) is 18.2 Å². The summed E-state index contributed by atoms with van der Waals surface area (Å²) in [7, 11) is 2.91. The molecule has 128 valence electrons. The number of anilines is 2. The smallest absolute Gasteiger partial charge is 0.416 e. The number of halogens is 3. The number of alkyl halides is 3. The predicted molar refractivity (Wildman–Crippen MR) is 83.6 cm³/mol. The van der Waals surface area contributed by atoms with E-state index in [0.29, 0.717) is 17.2 Å². The molecule has 0 unspecified atom stereocenters. The Kier molecular flexibility index (Phi) is 5.18. The van der Waals surface area contributed by atoms with E-state index in [1.807, 2.05) is 0 Å². The molecule has 0 aliphatic heterocycles. The molecule has 2 aromatic rings. The van der Waals surface area contributed by atoms with Gasteiger partial charge in [-0.05, 0) is 30.3 Å². The van der Waals surface area contributed by atoms with Crippen molar-refractivity contribution in [1.82, 2.24) is 0 Å². The van der Waals surface area contributed by atoms with Crippen LogP contribution in [-0.4, -0.2) is 20.3 Å². The van der Waals surface area contributed by atoms with Gasteiger partial charge >= 0.3 is 12.2 Å². The van der Waals surface area contributed by atoms with Crippen molar-refractivity contribution >= 4 is 17.4 Å². The van der Waals surface area contributed by atoms with Gasteiger partial charge in [0.1, 0.15) is 11.5 Å².